The summed E-state index contributed by atoms with van der Waals surface area (Å²) in [5.74, 6) is -0.487. The molecule has 2 aromatic carbocycles. The molecule has 1 unspecified atom stereocenters. The van der Waals surface area contributed by atoms with Crippen molar-refractivity contribution in [2.75, 3.05) is 5.32 Å². The second-order valence-corrected chi connectivity index (χ2v) is 7.75. The number of ether oxygens (including phenoxy) is 1. The Morgan fingerprint density at radius 3 is 2.45 bits per heavy atom. The Morgan fingerprint density at radius 2 is 1.73 bits per heavy atom. The van der Waals surface area contributed by atoms with Gasteiger partial charge < -0.3 is 10.1 Å². The minimum absolute atomic E-state index is 0.265. The number of nitrogens with zero attached hydrogens (tertiary/aromatic N) is 3. The first-order chi connectivity index (χ1) is 15.9. The number of esters is 1. The minimum atomic E-state index is -1.13. The second-order valence-electron chi connectivity index (χ2n) is 7.75. The maximum atomic E-state index is 13.2. The Balaban J connectivity index is 1.61. The van der Waals surface area contributed by atoms with Gasteiger partial charge in [-0.3, -0.25) is 4.79 Å². The lowest BCUT2D eigenvalue weighted by atomic mass is 10.1. The van der Waals surface area contributed by atoms with Gasteiger partial charge in [0.15, 0.2) is 5.82 Å². The summed E-state index contributed by atoms with van der Waals surface area (Å²) in [5, 5.41) is 7.18. The van der Waals surface area contributed by atoms with Crippen molar-refractivity contribution in [1.82, 2.24) is 14.8 Å². The number of pyridine rings is 1. The molecule has 0 saturated heterocycles. The molecule has 0 spiro atoms. The van der Waals surface area contributed by atoms with Crippen LogP contribution >= 0.6 is 0 Å². The molecule has 1 amide bonds. The summed E-state index contributed by atoms with van der Waals surface area (Å²) in [4.78, 5) is 30.6. The van der Waals surface area contributed by atoms with E-state index in [9.17, 15) is 9.59 Å². The quantitative estimate of drug-likeness (QED) is 0.438. The van der Waals surface area contributed by atoms with Crippen LogP contribution in [0.25, 0.3) is 5.82 Å². The Kier molecular flexibility index (Phi) is 6.31. The van der Waals surface area contributed by atoms with E-state index in [0.717, 1.165) is 11.1 Å². The predicted molar refractivity (Wildman–Crippen MR) is 125 cm³/mol. The van der Waals surface area contributed by atoms with Gasteiger partial charge in [-0.15, -0.1) is 0 Å². The smallest absolute Gasteiger partial charge is 0.342 e. The van der Waals surface area contributed by atoms with Gasteiger partial charge in [0.05, 0.1) is 11.9 Å². The van der Waals surface area contributed by atoms with Crippen LogP contribution in [0.2, 0.25) is 0 Å². The lowest BCUT2D eigenvalue weighted by Crippen LogP contribution is -2.26. The molecule has 7 nitrogen and oxygen atoms in total. The third-order valence-electron chi connectivity index (χ3n) is 5.31. The molecule has 2 heterocycles. The number of amides is 1. The van der Waals surface area contributed by atoms with Gasteiger partial charge in [0, 0.05) is 17.4 Å². The van der Waals surface area contributed by atoms with Crippen molar-refractivity contribution < 1.29 is 14.3 Å². The van der Waals surface area contributed by atoms with Gasteiger partial charge >= 0.3 is 5.97 Å². The summed E-state index contributed by atoms with van der Waals surface area (Å²) in [6, 6.07) is 20.2. The van der Waals surface area contributed by atoms with Gasteiger partial charge in [0.2, 0.25) is 6.10 Å². The molecule has 0 aliphatic heterocycles. The molecule has 0 fully saturated rings. The van der Waals surface area contributed by atoms with Crippen LogP contribution in [-0.2, 0) is 9.53 Å². The molecular weight excluding hydrogens is 416 g/mol. The highest BCUT2D eigenvalue weighted by molar-refractivity contribution is 5.98. The Bertz CT molecular complexity index is 1280. The summed E-state index contributed by atoms with van der Waals surface area (Å²) in [5.41, 5.74) is 4.02. The Hall–Kier alpha value is -4.26. The molecule has 1 N–H and O–H groups in total. The normalized spacial score (nSPS) is 11.6. The van der Waals surface area contributed by atoms with Crippen molar-refractivity contribution in [3.8, 4) is 5.82 Å². The highest BCUT2D eigenvalue weighted by Gasteiger charge is 2.28. The monoisotopic (exact) mass is 440 g/mol. The summed E-state index contributed by atoms with van der Waals surface area (Å²) < 4.78 is 7.29. The van der Waals surface area contributed by atoms with Gasteiger partial charge in [-0.1, -0.05) is 48.5 Å². The fourth-order valence-corrected chi connectivity index (χ4v) is 3.46. The van der Waals surface area contributed by atoms with E-state index in [-0.39, 0.29) is 5.56 Å². The highest BCUT2D eigenvalue weighted by Crippen LogP contribution is 2.24. The van der Waals surface area contributed by atoms with E-state index >= 15 is 0 Å². The number of rotatable bonds is 6. The van der Waals surface area contributed by atoms with Gasteiger partial charge in [-0.05, 0) is 50.1 Å². The van der Waals surface area contributed by atoms with Gasteiger partial charge in [-0.25, -0.2) is 14.5 Å². The molecular formula is C26H24N4O3. The molecule has 0 radical (unpaired) electrons. The van der Waals surface area contributed by atoms with Gasteiger partial charge in [0.1, 0.15) is 5.56 Å². The topological polar surface area (TPSA) is 86.1 Å². The molecule has 4 rings (SSSR count). The fraction of sp³-hybridized carbons (Fsp3) is 0.154. The predicted octanol–water partition coefficient (Wildman–Crippen LogP) is 4.73. The second kappa shape index (κ2) is 9.48. The van der Waals surface area contributed by atoms with Crippen molar-refractivity contribution in [1.29, 1.82) is 0 Å². The molecule has 1 atom stereocenters. The summed E-state index contributed by atoms with van der Waals surface area (Å²) in [6.45, 7) is 5.62. The van der Waals surface area contributed by atoms with Crippen molar-refractivity contribution in [2.45, 2.75) is 26.9 Å². The van der Waals surface area contributed by atoms with Crippen LogP contribution in [0.5, 0.6) is 0 Å². The molecule has 0 saturated carbocycles. The summed E-state index contributed by atoms with van der Waals surface area (Å²) >= 11 is 0. The van der Waals surface area contributed by atoms with E-state index in [1.54, 1.807) is 54.2 Å². The molecule has 166 valence electrons. The number of nitrogens with one attached hydrogen (secondary N) is 1. The summed E-state index contributed by atoms with van der Waals surface area (Å²) in [7, 11) is 0. The third-order valence-corrected chi connectivity index (χ3v) is 5.31. The van der Waals surface area contributed by atoms with Crippen molar-refractivity contribution in [3.05, 3.63) is 107 Å². The minimum Gasteiger partial charge on any atom is -0.444 e. The van der Waals surface area contributed by atoms with E-state index in [0.29, 0.717) is 22.8 Å². The van der Waals surface area contributed by atoms with E-state index < -0.39 is 18.0 Å². The molecule has 0 aliphatic carbocycles. The lowest BCUT2D eigenvalue weighted by molar-refractivity contribution is -0.125. The Morgan fingerprint density at radius 1 is 0.970 bits per heavy atom. The lowest BCUT2D eigenvalue weighted by Gasteiger charge is -2.19. The zero-order chi connectivity index (χ0) is 23.4. The first kappa shape index (κ1) is 22.0. The SMILES string of the molecule is Cc1ccc(C)c(NC(=O)C(OC(=O)c2cnn(-c3ccccn3)c2C)c2ccccc2)c1. The molecule has 33 heavy (non-hydrogen) atoms. The van der Waals surface area contributed by atoms with E-state index in [1.807, 2.05) is 44.2 Å². The molecule has 2 aromatic heterocycles. The van der Waals surface area contributed by atoms with Crippen molar-refractivity contribution in [2.24, 2.45) is 0 Å². The molecule has 0 aliphatic rings. The number of carbonyl (C=O) groups excluding carboxylic acids is 2. The van der Waals surface area contributed by atoms with Gasteiger partial charge in [-0.2, -0.15) is 5.10 Å². The van der Waals surface area contributed by atoms with E-state index in [4.69, 9.17) is 4.74 Å². The van der Waals surface area contributed by atoms with Gasteiger partial charge in [0.25, 0.3) is 5.91 Å². The van der Waals surface area contributed by atoms with E-state index in [2.05, 4.69) is 15.4 Å². The number of aryl methyl sites for hydroxylation is 2. The zero-order valence-electron chi connectivity index (χ0n) is 18.6. The number of hydrogen-bond acceptors (Lipinski definition) is 5. The number of aromatic nitrogens is 3. The molecule has 7 heteroatoms. The fourth-order valence-electron chi connectivity index (χ4n) is 3.46. The maximum Gasteiger partial charge on any atom is 0.342 e. The van der Waals surface area contributed by atoms with Crippen LogP contribution in [0.4, 0.5) is 5.69 Å². The summed E-state index contributed by atoms with van der Waals surface area (Å²) in [6.07, 6.45) is 1.95. The van der Waals surface area contributed by atoms with Crippen molar-refractivity contribution in [3.63, 3.8) is 0 Å². The van der Waals surface area contributed by atoms with Crippen LogP contribution in [0.3, 0.4) is 0 Å². The van der Waals surface area contributed by atoms with Crippen molar-refractivity contribution >= 4 is 17.6 Å². The van der Waals surface area contributed by atoms with Crippen LogP contribution in [0.15, 0.2) is 79.1 Å². The number of anilines is 1. The number of carbonyl (C=O) groups is 2. The molecule has 4 aromatic rings. The largest absolute Gasteiger partial charge is 0.444 e. The number of hydrogen-bond donors (Lipinski definition) is 1. The van der Waals surface area contributed by atoms with Crippen LogP contribution in [-0.4, -0.2) is 26.6 Å². The molecule has 0 bridgehead atoms. The zero-order valence-corrected chi connectivity index (χ0v) is 18.6. The third kappa shape index (κ3) is 4.82. The first-order valence-corrected chi connectivity index (χ1v) is 10.5. The van der Waals surface area contributed by atoms with Crippen LogP contribution in [0, 0.1) is 20.8 Å². The standard InChI is InChI=1S/C26H24N4O3/c1-17-12-13-18(2)22(15-17)29-25(31)24(20-9-5-4-6-10-20)33-26(32)21-16-28-30(19(21)3)23-11-7-8-14-27-23/h4-16,24H,1-3H3,(H,29,31). The average molecular weight is 441 g/mol. The maximum absolute atomic E-state index is 13.2. The van der Waals surface area contributed by atoms with E-state index in [1.165, 1.54) is 6.20 Å². The average Bonchev–Trinajstić information content (AvgIpc) is 3.22. The highest BCUT2D eigenvalue weighted by atomic mass is 16.5. The first-order valence-electron chi connectivity index (χ1n) is 10.5. The van der Waals surface area contributed by atoms with Crippen LogP contribution < -0.4 is 5.32 Å². The van der Waals surface area contributed by atoms with Crippen LogP contribution in [0.1, 0.15) is 38.8 Å². The number of benzene rings is 2. The Labute approximate surface area is 192 Å².